The van der Waals surface area contributed by atoms with Crippen LogP contribution in [0.2, 0.25) is 0 Å². The predicted octanol–water partition coefficient (Wildman–Crippen LogP) is 1.92. The summed E-state index contributed by atoms with van der Waals surface area (Å²) in [6.45, 7) is 5.85. The van der Waals surface area contributed by atoms with Gasteiger partial charge in [-0.25, -0.2) is 0 Å². The van der Waals surface area contributed by atoms with Crippen LogP contribution in [0.5, 0.6) is 5.88 Å². The third-order valence-corrected chi connectivity index (χ3v) is 1.83. The van der Waals surface area contributed by atoms with E-state index >= 15 is 0 Å². The second-order valence-corrected chi connectivity index (χ2v) is 3.37. The first-order valence-electron chi connectivity index (χ1n) is 4.69. The Kier molecular flexibility index (Phi) is 3.82. The molecule has 0 bridgehead atoms. The van der Waals surface area contributed by atoms with Crippen LogP contribution in [0.4, 0.5) is 11.5 Å². The Balaban J connectivity index is 2.80. The maximum absolute atomic E-state index is 10.7. The van der Waals surface area contributed by atoms with Gasteiger partial charge in [-0.3, -0.25) is 10.1 Å². The molecule has 0 saturated carbocycles. The lowest BCUT2D eigenvalue weighted by molar-refractivity contribution is -0.386. The van der Waals surface area contributed by atoms with Gasteiger partial charge >= 0.3 is 5.69 Å². The predicted molar refractivity (Wildman–Crippen MR) is 60.2 cm³/mol. The summed E-state index contributed by atoms with van der Waals surface area (Å²) in [5.41, 5.74) is 6.18. The Bertz CT molecular complexity index is 418. The van der Waals surface area contributed by atoms with E-state index < -0.39 is 4.92 Å². The number of nitro groups is 1. The van der Waals surface area contributed by atoms with Crippen molar-refractivity contribution in [1.29, 1.82) is 0 Å². The van der Waals surface area contributed by atoms with Gasteiger partial charge in [-0.1, -0.05) is 5.57 Å². The molecule has 0 aliphatic rings. The van der Waals surface area contributed by atoms with Gasteiger partial charge in [0.05, 0.1) is 11.5 Å². The highest BCUT2D eigenvalue weighted by molar-refractivity contribution is 5.46. The summed E-state index contributed by atoms with van der Waals surface area (Å²) in [7, 11) is 0. The molecule has 0 fully saturated rings. The van der Waals surface area contributed by atoms with Crippen molar-refractivity contribution in [2.45, 2.75) is 13.3 Å². The third-order valence-electron chi connectivity index (χ3n) is 1.83. The Hall–Kier alpha value is -2.11. The largest absolute Gasteiger partial charge is 0.472 e. The van der Waals surface area contributed by atoms with E-state index in [1.54, 1.807) is 0 Å². The monoisotopic (exact) mass is 223 g/mol. The molecule has 16 heavy (non-hydrogen) atoms. The highest BCUT2D eigenvalue weighted by Gasteiger charge is 2.16. The Morgan fingerprint density at radius 1 is 1.69 bits per heavy atom. The van der Waals surface area contributed by atoms with Crippen LogP contribution in [-0.4, -0.2) is 16.5 Å². The fraction of sp³-hybridized carbons (Fsp3) is 0.300. The minimum atomic E-state index is -0.553. The van der Waals surface area contributed by atoms with Gasteiger partial charge in [0.15, 0.2) is 0 Å². The molecule has 0 aromatic carbocycles. The van der Waals surface area contributed by atoms with Crippen LogP contribution in [-0.2, 0) is 0 Å². The maximum atomic E-state index is 10.7. The molecule has 0 radical (unpaired) electrons. The number of nitrogen functional groups attached to an aromatic ring is 1. The Labute approximate surface area is 92.9 Å². The van der Waals surface area contributed by atoms with Gasteiger partial charge in [-0.2, -0.15) is 4.98 Å². The van der Waals surface area contributed by atoms with E-state index in [1.165, 1.54) is 12.1 Å². The lowest BCUT2D eigenvalue weighted by Gasteiger charge is -2.05. The minimum absolute atomic E-state index is 0.0498. The number of nitrogens with two attached hydrogens (primary N) is 1. The van der Waals surface area contributed by atoms with Gasteiger partial charge in [0.2, 0.25) is 0 Å². The van der Waals surface area contributed by atoms with Crippen molar-refractivity contribution in [2.75, 3.05) is 12.3 Å². The summed E-state index contributed by atoms with van der Waals surface area (Å²) in [5.74, 6) is 0.141. The fourth-order valence-corrected chi connectivity index (χ4v) is 1.01. The first kappa shape index (κ1) is 12.0. The van der Waals surface area contributed by atoms with E-state index in [9.17, 15) is 10.1 Å². The number of rotatable bonds is 5. The van der Waals surface area contributed by atoms with Gasteiger partial charge in [-0.15, -0.1) is 6.58 Å². The zero-order valence-electron chi connectivity index (χ0n) is 8.97. The van der Waals surface area contributed by atoms with Crippen LogP contribution in [0, 0.1) is 10.1 Å². The number of pyridine rings is 1. The average Bonchev–Trinajstić information content (AvgIpc) is 2.16. The summed E-state index contributed by atoms with van der Waals surface area (Å²) < 4.78 is 5.20. The van der Waals surface area contributed by atoms with Crippen molar-refractivity contribution in [3.63, 3.8) is 0 Å². The van der Waals surface area contributed by atoms with Gasteiger partial charge in [-0.05, 0) is 13.0 Å². The number of anilines is 1. The van der Waals surface area contributed by atoms with Gasteiger partial charge in [0.1, 0.15) is 5.82 Å². The number of aromatic nitrogens is 1. The summed E-state index contributed by atoms with van der Waals surface area (Å²) in [6, 6.07) is 2.64. The molecule has 2 N–H and O–H groups in total. The molecule has 1 aromatic rings. The summed E-state index contributed by atoms with van der Waals surface area (Å²) in [6.07, 6.45) is 0.619. The molecule has 86 valence electrons. The third kappa shape index (κ3) is 3.23. The first-order valence-corrected chi connectivity index (χ1v) is 4.69. The van der Waals surface area contributed by atoms with Crippen LogP contribution in [0.15, 0.2) is 24.3 Å². The zero-order valence-corrected chi connectivity index (χ0v) is 8.97. The van der Waals surface area contributed by atoms with Crippen LogP contribution >= 0.6 is 0 Å². The van der Waals surface area contributed by atoms with E-state index in [1.807, 2.05) is 6.92 Å². The van der Waals surface area contributed by atoms with E-state index in [-0.39, 0.29) is 17.4 Å². The molecule has 1 aromatic heterocycles. The lowest BCUT2D eigenvalue weighted by Crippen LogP contribution is -2.04. The second-order valence-electron chi connectivity index (χ2n) is 3.37. The van der Waals surface area contributed by atoms with Gasteiger partial charge in [0.25, 0.3) is 5.88 Å². The second kappa shape index (κ2) is 5.11. The lowest BCUT2D eigenvalue weighted by atomic mass is 10.3. The summed E-state index contributed by atoms with van der Waals surface area (Å²) in [4.78, 5) is 13.9. The molecule has 0 aliphatic carbocycles. The van der Waals surface area contributed by atoms with E-state index in [4.69, 9.17) is 10.5 Å². The Morgan fingerprint density at radius 2 is 2.38 bits per heavy atom. The molecular weight excluding hydrogens is 210 g/mol. The van der Waals surface area contributed by atoms with Crippen molar-refractivity contribution in [1.82, 2.24) is 4.98 Å². The van der Waals surface area contributed by atoms with Crippen LogP contribution in [0.3, 0.4) is 0 Å². The number of nitrogens with zero attached hydrogens (tertiary/aromatic N) is 2. The van der Waals surface area contributed by atoms with Crippen molar-refractivity contribution >= 4 is 11.5 Å². The van der Waals surface area contributed by atoms with Crippen molar-refractivity contribution in [3.8, 4) is 5.88 Å². The van der Waals surface area contributed by atoms with Crippen molar-refractivity contribution < 1.29 is 9.66 Å². The number of ether oxygens (including phenoxy) is 1. The van der Waals surface area contributed by atoms with Gasteiger partial charge < -0.3 is 10.5 Å². The van der Waals surface area contributed by atoms with Gasteiger partial charge in [0, 0.05) is 12.5 Å². The van der Waals surface area contributed by atoms with Crippen LogP contribution in [0.1, 0.15) is 13.3 Å². The smallest absolute Gasteiger partial charge is 0.331 e. The summed E-state index contributed by atoms with van der Waals surface area (Å²) in [5, 5.41) is 10.7. The molecule has 1 rings (SSSR count). The fourth-order valence-electron chi connectivity index (χ4n) is 1.01. The molecule has 0 atom stereocenters. The number of hydrogen-bond donors (Lipinski definition) is 1. The maximum Gasteiger partial charge on any atom is 0.331 e. The van der Waals surface area contributed by atoms with Crippen molar-refractivity contribution in [2.24, 2.45) is 0 Å². The number of hydrogen-bond acceptors (Lipinski definition) is 5. The average molecular weight is 223 g/mol. The molecular formula is C10H13N3O3. The molecule has 0 amide bonds. The molecule has 0 aliphatic heterocycles. The molecule has 0 unspecified atom stereocenters. The molecule has 6 heteroatoms. The topological polar surface area (TPSA) is 91.3 Å². The Morgan fingerprint density at radius 3 is 2.94 bits per heavy atom. The standard InChI is InChI=1S/C10H13N3O3/c1-7(2)5-6-16-10-8(13(14)15)3-4-9(11)12-10/h3-4H,1,5-6H2,2H3,(H2,11,12). The molecule has 1 heterocycles. The highest BCUT2D eigenvalue weighted by atomic mass is 16.6. The quantitative estimate of drug-likeness (QED) is 0.467. The zero-order chi connectivity index (χ0) is 12.1. The van der Waals surface area contributed by atoms with E-state index in [0.717, 1.165) is 5.57 Å². The van der Waals surface area contributed by atoms with E-state index in [0.29, 0.717) is 13.0 Å². The molecule has 0 saturated heterocycles. The first-order chi connectivity index (χ1) is 7.50. The normalized spacial score (nSPS) is 9.81. The SMILES string of the molecule is C=C(C)CCOc1nc(N)ccc1[N+](=O)[O-]. The van der Waals surface area contributed by atoms with Crippen LogP contribution < -0.4 is 10.5 Å². The van der Waals surface area contributed by atoms with Crippen LogP contribution in [0.25, 0.3) is 0 Å². The minimum Gasteiger partial charge on any atom is -0.472 e. The molecule has 0 spiro atoms. The van der Waals surface area contributed by atoms with Crippen molar-refractivity contribution in [3.05, 3.63) is 34.4 Å². The highest BCUT2D eigenvalue weighted by Crippen LogP contribution is 2.25. The summed E-state index contributed by atoms with van der Waals surface area (Å²) >= 11 is 0. The van der Waals surface area contributed by atoms with E-state index in [2.05, 4.69) is 11.6 Å². The molecule has 6 nitrogen and oxygen atoms in total.